The molecule has 0 bridgehead atoms. The lowest BCUT2D eigenvalue weighted by atomic mass is 10.1. The summed E-state index contributed by atoms with van der Waals surface area (Å²) >= 11 is 0. The first-order valence-corrected chi connectivity index (χ1v) is 6.65. The predicted molar refractivity (Wildman–Crippen MR) is 74.1 cm³/mol. The monoisotopic (exact) mass is 268 g/mol. The second kappa shape index (κ2) is 7.96. The van der Waals surface area contributed by atoms with E-state index in [2.05, 4.69) is 28.9 Å². The molecule has 108 valence electrons. The molecule has 1 aromatic heterocycles. The standard InChI is InChI=1S/C14H24N2O3/c1-5-19-9-13(10(2)3)15-8-11-6-7-12(16-11)14(17)18-4/h6-7,10,13,15-16H,5,8-9H2,1-4H3. The van der Waals surface area contributed by atoms with E-state index in [9.17, 15) is 4.79 Å². The van der Waals surface area contributed by atoms with E-state index in [-0.39, 0.29) is 5.97 Å². The number of hydrogen-bond donors (Lipinski definition) is 2. The first-order valence-electron chi connectivity index (χ1n) is 6.65. The number of ether oxygens (including phenoxy) is 2. The van der Waals surface area contributed by atoms with E-state index in [4.69, 9.17) is 4.74 Å². The molecule has 1 aromatic rings. The largest absolute Gasteiger partial charge is 0.464 e. The van der Waals surface area contributed by atoms with E-state index in [0.717, 1.165) is 12.3 Å². The van der Waals surface area contributed by atoms with Gasteiger partial charge in [0.25, 0.3) is 0 Å². The zero-order valence-electron chi connectivity index (χ0n) is 12.2. The van der Waals surface area contributed by atoms with Gasteiger partial charge in [0.1, 0.15) is 5.69 Å². The number of carbonyl (C=O) groups is 1. The minimum atomic E-state index is -0.346. The van der Waals surface area contributed by atoms with Crippen molar-refractivity contribution in [3.63, 3.8) is 0 Å². The highest BCUT2D eigenvalue weighted by Crippen LogP contribution is 2.06. The Kier molecular flexibility index (Phi) is 6.59. The fourth-order valence-corrected chi connectivity index (χ4v) is 1.75. The lowest BCUT2D eigenvalue weighted by Gasteiger charge is -2.21. The average molecular weight is 268 g/mol. The first kappa shape index (κ1) is 15.7. The van der Waals surface area contributed by atoms with Crippen LogP contribution in [0.4, 0.5) is 0 Å². The summed E-state index contributed by atoms with van der Waals surface area (Å²) < 4.78 is 10.1. The Morgan fingerprint density at radius 3 is 2.74 bits per heavy atom. The van der Waals surface area contributed by atoms with Gasteiger partial charge >= 0.3 is 5.97 Å². The summed E-state index contributed by atoms with van der Waals surface area (Å²) in [6.45, 7) is 8.40. The predicted octanol–water partition coefficient (Wildman–Crippen LogP) is 1.95. The van der Waals surface area contributed by atoms with Crippen LogP contribution in [0.25, 0.3) is 0 Å². The third-order valence-electron chi connectivity index (χ3n) is 3.01. The Labute approximate surface area is 114 Å². The first-order chi connectivity index (χ1) is 9.08. The number of aromatic amines is 1. The number of rotatable bonds is 8. The molecular formula is C14H24N2O3. The van der Waals surface area contributed by atoms with Crippen LogP contribution in [0.5, 0.6) is 0 Å². The number of carbonyl (C=O) groups excluding carboxylic acids is 1. The van der Waals surface area contributed by atoms with Gasteiger partial charge in [0.2, 0.25) is 0 Å². The average Bonchev–Trinajstić information content (AvgIpc) is 2.86. The third-order valence-corrected chi connectivity index (χ3v) is 3.01. The minimum Gasteiger partial charge on any atom is -0.464 e. The summed E-state index contributed by atoms with van der Waals surface area (Å²) in [5.41, 5.74) is 1.44. The number of esters is 1. The number of hydrogen-bond acceptors (Lipinski definition) is 4. The summed E-state index contributed by atoms with van der Waals surface area (Å²) in [5, 5.41) is 3.43. The zero-order chi connectivity index (χ0) is 14.3. The van der Waals surface area contributed by atoms with E-state index in [1.165, 1.54) is 7.11 Å². The van der Waals surface area contributed by atoms with Gasteiger partial charge < -0.3 is 19.8 Å². The molecule has 0 radical (unpaired) electrons. The Bertz CT molecular complexity index is 388. The van der Waals surface area contributed by atoms with Crippen molar-refractivity contribution < 1.29 is 14.3 Å². The SMILES string of the molecule is CCOCC(NCc1ccc(C(=O)OC)[nH]1)C(C)C. The van der Waals surface area contributed by atoms with E-state index in [0.29, 0.717) is 30.8 Å². The third kappa shape index (κ3) is 5.04. The van der Waals surface area contributed by atoms with E-state index >= 15 is 0 Å². The molecule has 0 amide bonds. The summed E-state index contributed by atoms with van der Waals surface area (Å²) in [6.07, 6.45) is 0. The maximum Gasteiger partial charge on any atom is 0.354 e. The van der Waals surface area contributed by atoms with Gasteiger partial charge in [0, 0.05) is 24.9 Å². The molecule has 0 fully saturated rings. The highest BCUT2D eigenvalue weighted by molar-refractivity contribution is 5.87. The number of nitrogens with one attached hydrogen (secondary N) is 2. The van der Waals surface area contributed by atoms with Crippen molar-refractivity contribution in [1.29, 1.82) is 0 Å². The minimum absolute atomic E-state index is 0.296. The van der Waals surface area contributed by atoms with E-state index in [1.54, 1.807) is 6.07 Å². The fourth-order valence-electron chi connectivity index (χ4n) is 1.75. The molecule has 5 nitrogen and oxygen atoms in total. The number of methoxy groups -OCH3 is 1. The van der Waals surface area contributed by atoms with E-state index in [1.807, 2.05) is 13.0 Å². The molecule has 2 N–H and O–H groups in total. The van der Waals surface area contributed by atoms with Crippen molar-refractivity contribution in [2.75, 3.05) is 20.3 Å². The summed E-state index contributed by atoms with van der Waals surface area (Å²) in [7, 11) is 1.37. The normalized spacial score (nSPS) is 12.7. The molecule has 19 heavy (non-hydrogen) atoms. The molecule has 5 heteroatoms. The Morgan fingerprint density at radius 1 is 1.42 bits per heavy atom. The maximum absolute atomic E-state index is 11.3. The highest BCUT2D eigenvalue weighted by atomic mass is 16.5. The number of H-pyrrole nitrogens is 1. The molecule has 1 atom stereocenters. The van der Waals surface area contributed by atoms with Crippen LogP contribution in [0.3, 0.4) is 0 Å². The van der Waals surface area contributed by atoms with Crippen molar-refractivity contribution in [1.82, 2.24) is 10.3 Å². The van der Waals surface area contributed by atoms with Crippen LogP contribution in [0.1, 0.15) is 37.0 Å². The van der Waals surface area contributed by atoms with Gasteiger partial charge in [-0.2, -0.15) is 0 Å². The van der Waals surface area contributed by atoms with Crippen LogP contribution in [-0.2, 0) is 16.0 Å². The molecule has 0 spiro atoms. The molecular weight excluding hydrogens is 244 g/mol. The number of aromatic nitrogens is 1. The van der Waals surface area contributed by atoms with Gasteiger partial charge in [0.15, 0.2) is 0 Å². The summed E-state index contributed by atoms with van der Waals surface area (Å²) in [5.74, 6) is 0.141. The highest BCUT2D eigenvalue weighted by Gasteiger charge is 2.14. The van der Waals surface area contributed by atoms with Crippen LogP contribution in [0, 0.1) is 5.92 Å². The van der Waals surface area contributed by atoms with Crippen LogP contribution in [0.15, 0.2) is 12.1 Å². The Balaban J connectivity index is 2.49. The molecule has 0 aliphatic rings. The van der Waals surface area contributed by atoms with Gasteiger partial charge in [-0.3, -0.25) is 0 Å². The molecule has 0 aromatic carbocycles. The van der Waals surface area contributed by atoms with Gasteiger partial charge in [-0.25, -0.2) is 4.79 Å². The lowest BCUT2D eigenvalue weighted by molar-refractivity contribution is 0.0594. The Hall–Kier alpha value is -1.33. The molecule has 0 saturated carbocycles. The molecule has 1 heterocycles. The van der Waals surface area contributed by atoms with Crippen LogP contribution < -0.4 is 5.32 Å². The van der Waals surface area contributed by atoms with Gasteiger partial charge in [-0.15, -0.1) is 0 Å². The van der Waals surface area contributed by atoms with Crippen molar-refractivity contribution >= 4 is 5.97 Å². The summed E-state index contributed by atoms with van der Waals surface area (Å²) in [4.78, 5) is 14.4. The van der Waals surface area contributed by atoms with Gasteiger partial charge in [-0.05, 0) is 25.0 Å². The second-order valence-corrected chi connectivity index (χ2v) is 4.78. The summed E-state index contributed by atoms with van der Waals surface area (Å²) in [6, 6.07) is 3.91. The van der Waals surface area contributed by atoms with Crippen LogP contribution in [-0.4, -0.2) is 37.3 Å². The van der Waals surface area contributed by atoms with Gasteiger partial charge in [0.05, 0.1) is 13.7 Å². The molecule has 0 aliphatic heterocycles. The molecule has 1 rings (SSSR count). The molecule has 1 unspecified atom stereocenters. The topological polar surface area (TPSA) is 63.4 Å². The van der Waals surface area contributed by atoms with Gasteiger partial charge in [-0.1, -0.05) is 13.8 Å². The zero-order valence-corrected chi connectivity index (χ0v) is 12.2. The maximum atomic E-state index is 11.3. The molecule has 0 saturated heterocycles. The van der Waals surface area contributed by atoms with Crippen molar-refractivity contribution in [2.45, 2.75) is 33.4 Å². The van der Waals surface area contributed by atoms with Crippen LogP contribution in [0.2, 0.25) is 0 Å². The van der Waals surface area contributed by atoms with Crippen molar-refractivity contribution in [2.24, 2.45) is 5.92 Å². The fraction of sp³-hybridized carbons (Fsp3) is 0.643. The Morgan fingerprint density at radius 2 is 2.16 bits per heavy atom. The second-order valence-electron chi connectivity index (χ2n) is 4.78. The smallest absolute Gasteiger partial charge is 0.354 e. The van der Waals surface area contributed by atoms with Crippen molar-refractivity contribution in [3.8, 4) is 0 Å². The van der Waals surface area contributed by atoms with Crippen LogP contribution >= 0.6 is 0 Å². The molecule has 0 aliphatic carbocycles. The van der Waals surface area contributed by atoms with E-state index < -0.39 is 0 Å². The quantitative estimate of drug-likeness (QED) is 0.707. The van der Waals surface area contributed by atoms with Crippen molar-refractivity contribution in [3.05, 3.63) is 23.5 Å². The lowest BCUT2D eigenvalue weighted by Crippen LogP contribution is -2.37.